The monoisotopic (exact) mass is 239 g/mol. The lowest BCUT2D eigenvalue weighted by Gasteiger charge is -2.10. The third kappa shape index (κ3) is 3.62. The number of carbonyl (C=O) groups is 1. The highest BCUT2D eigenvalue weighted by Gasteiger charge is 2.15. The van der Waals surface area contributed by atoms with Crippen LogP contribution in [0.5, 0.6) is 11.6 Å². The second kappa shape index (κ2) is 6.73. The van der Waals surface area contributed by atoms with Crippen molar-refractivity contribution >= 4 is 5.97 Å². The molecule has 0 aromatic carbocycles. The molecule has 0 unspecified atom stereocenters. The summed E-state index contributed by atoms with van der Waals surface area (Å²) in [5.74, 6) is 0.430. The summed E-state index contributed by atoms with van der Waals surface area (Å²) in [6.07, 6.45) is 1.41. The van der Waals surface area contributed by atoms with Crippen LogP contribution in [-0.2, 0) is 4.74 Å². The van der Waals surface area contributed by atoms with E-state index in [0.29, 0.717) is 37.0 Å². The van der Waals surface area contributed by atoms with Gasteiger partial charge >= 0.3 is 5.97 Å². The molecule has 1 heterocycles. The van der Waals surface area contributed by atoms with Crippen molar-refractivity contribution in [3.63, 3.8) is 0 Å². The lowest BCUT2D eigenvalue weighted by molar-refractivity contribution is 0.0521. The third-order valence-corrected chi connectivity index (χ3v) is 1.93. The molecule has 94 valence electrons. The highest BCUT2D eigenvalue weighted by molar-refractivity contribution is 5.92. The number of nitrogens with zero attached hydrogens (tertiary/aromatic N) is 1. The average Bonchev–Trinajstić information content (AvgIpc) is 2.30. The molecule has 1 rings (SSSR count). The molecule has 0 saturated carbocycles. The number of aromatic nitrogens is 1. The first-order chi connectivity index (χ1) is 8.22. The zero-order valence-corrected chi connectivity index (χ0v) is 10.4. The normalized spacial score (nSPS) is 9.82. The molecule has 5 nitrogen and oxygen atoms in total. The summed E-state index contributed by atoms with van der Waals surface area (Å²) in [4.78, 5) is 15.6. The molecule has 1 aromatic rings. The molecule has 0 fully saturated rings. The molecular formula is C12H17NO4. The lowest BCUT2D eigenvalue weighted by Crippen LogP contribution is -2.09. The van der Waals surface area contributed by atoms with E-state index in [9.17, 15) is 4.79 Å². The van der Waals surface area contributed by atoms with E-state index in [0.717, 1.165) is 0 Å². The van der Waals surface area contributed by atoms with Crippen molar-refractivity contribution in [2.75, 3.05) is 19.8 Å². The van der Waals surface area contributed by atoms with Crippen LogP contribution in [0, 0.1) is 0 Å². The van der Waals surface area contributed by atoms with Crippen molar-refractivity contribution in [3.8, 4) is 11.6 Å². The zero-order valence-electron chi connectivity index (χ0n) is 10.4. The van der Waals surface area contributed by atoms with Gasteiger partial charge in [-0.3, -0.25) is 0 Å². The fourth-order valence-corrected chi connectivity index (χ4v) is 1.28. The van der Waals surface area contributed by atoms with E-state index >= 15 is 0 Å². The van der Waals surface area contributed by atoms with Gasteiger partial charge in [0.2, 0.25) is 5.88 Å². The largest absolute Gasteiger partial charge is 0.493 e. The fourth-order valence-electron chi connectivity index (χ4n) is 1.28. The molecule has 0 saturated heterocycles. The van der Waals surface area contributed by atoms with Gasteiger partial charge in [0.25, 0.3) is 0 Å². The van der Waals surface area contributed by atoms with Gasteiger partial charge in [-0.2, -0.15) is 0 Å². The number of hydrogen-bond acceptors (Lipinski definition) is 5. The predicted octanol–water partition coefficient (Wildman–Crippen LogP) is 2.06. The van der Waals surface area contributed by atoms with Crippen LogP contribution in [0.1, 0.15) is 31.1 Å². The van der Waals surface area contributed by atoms with E-state index in [2.05, 4.69) is 4.98 Å². The zero-order chi connectivity index (χ0) is 12.7. The first kappa shape index (κ1) is 13.3. The molecule has 1 aromatic heterocycles. The van der Waals surface area contributed by atoms with Gasteiger partial charge in [-0.25, -0.2) is 9.78 Å². The van der Waals surface area contributed by atoms with Crippen molar-refractivity contribution in [2.45, 2.75) is 20.8 Å². The van der Waals surface area contributed by atoms with Crippen LogP contribution >= 0.6 is 0 Å². The Morgan fingerprint density at radius 2 is 1.88 bits per heavy atom. The average molecular weight is 239 g/mol. The van der Waals surface area contributed by atoms with Gasteiger partial charge in [0, 0.05) is 12.3 Å². The number of rotatable bonds is 6. The number of hydrogen-bond donors (Lipinski definition) is 0. The Kier molecular flexibility index (Phi) is 5.26. The summed E-state index contributed by atoms with van der Waals surface area (Å²) in [5.41, 5.74) is 0.317. The van der Waals surface area contributed by atoms with Crippen molar-refractivity contribution in [1.29, 1.82) is 0 Å². The smallest absolute Gasteiger partial charge is 0.343 e. The summed E-state index contributed by atoms with van der Waals surface area (Å²) >= 11 is 0. The maximum absolute atomic E-state index is 11.6. The van der Waals surface area contributed by atoms with Gasteiger partial charge in [-0.15, -0.1) is 0 Å². The molecule has 0 radical (unpaired) electrons. The molecule has 0 spiro atoms. The van der Waals surface area contributed by atoms with Crippen LogP contribution in [0.15, 0.2) is 12.3 Å². The molecule has 0 aliphatic carbocycles. The molecule has 5 heteroatoms. The number of pyridine rings is 1. The minimum Gasteiger partial charge on any atom is -0.493 e. The quantitative estimate of drug-likeness (QED) is 0.711. The predicted molar refractivity (Wildman–Crippen MR) is 62.5 cm³/mol. The maximum atomic E-state index is 11.6. The molecule has 17 heavy (non-hydrogen) atoms. The number of ether oxygens (including phenoxy) is 3. The summed E-state index contributed by atoms with van der Waals surface area (Å²) in [5, 5.41) is 0. The Balaban J connectivity index is 2.98. The van der Waals surface area contributed by atoms with Crippen molar-refractivity contribution in [2.24, 2.45) is 0 Å². The Hall–Kier alpha value is -1.78. The van der Waals surface area contributed by atoms with Crippen LogP contribution in [0.2, 0.25) is 0 Å². The summed E-state index contributed by atoms with van der Waals surface area (Å²) in [6.45, 7) is 6.74. The summed E-state index contributed by atoms with van der Waals surface area (Å²) < 4.78 is 15.5. The van der Waals surface area contributed by atoms with E-state index in [-0.39, 0.29) is 0 Å². The summed E-state index contributed by atoms with van der Waals surface area (Å²) in [6, 6.07) is 1.60. The molecule has 0 bridgehead atoms. The van der Waals surface area contributed by atoms with Crippen LogP contribution in [0.4, 0.5) is 0 Å². The Morgan fingerprint density at radius 1 is 1.18 bits per heavy atom. The molecular weight excluding hydrogens is 222 g/mol. The standard InChI is InChI=1S/C12H17NO4/c1-4-15-10-7-11(16-5-2)13-8-9(10)12(14)17-6-3/h7-8H,4-6H2,1-3H3. The second-order valence-corrected chi connectivity index (χ2v) is 3.11. The van der Waals surface area contributed by atoms with Crippen LogP contribution in [0.25, 0.3) is 0 Å². The van der Waals surface area contributed by atoms with E-state index in [1.807, 2.05) is 13.8 Å². The lowest BCUT2D eigenvalue weighted by atomic mass is 10.2. The van der Waals surface area contributed by atoms with Gasteiger partial charge < -0.3 is 14.2 Å². The van der Waals surface area contributed by atoms with E-state index in [1.165, 1.54) is 6.20 Å². The Morgan fingerprint density at radius 3 is 2.47 bits per heavy atom. The SMILES string of the molecule is CCOC(=O)c1cnc(OCC)cc1OCC. The van der Waals surface area contributed by atoms with Crippen molar-refractivity contribution in [1.82, 2.24) is 4.98 Å². The summed E-state index contributed by atoms with van der Waals surface area (Å²) in [7, 11) is 0. The third-order valence-electron chi connectivity index (χ3n) is 1.93. The fraction of sp³-hybridized carbons (Fsp3) is 0.500. The van der Waals surface area contributed by atoms with Gasteiger partial charge in [0.15, 0.2) is 0 Å². The van der Waals surface area contributed by atoms with Crippen LogP contribution in [-0.4, -0.2) is 30.8 Å². The molecule has 0 amide bonds. The molecule has 0 aliphatic heterocycles. The Labute approximate surface area is 101 Å². The second-order valence-electron chi connectivity index (χ2n) is 3.11. The van der Waals surface area contributed by atoms with Crippen LogP contribution in [0.3, 0.4) is 0 Å². The van der Waals surface area contributed by atoms with Gasteiger partial charge in [-0.05, 0) is 20.8 Å². The van der Waals surface area contributed by atoms with E-state index in [4.69, 9.17) is 14.2 Å². The van der Waals surface area contributed by atoms with Gasteiger partial charge in [0.05, 0.1) is 19.8 Å². The van der Waals surface area contributed by atoms with E-state index in [1.54, 1.807) is 13.0 Å². The first-order valence-corrected chi connectivity index (χ1v) is 5.65. The van der Waals surface area contributed by atoms with Gasteiger partial charge in [-0.1, -0.05) is 0 Å². The van der Waals surface area contributed by atoms with Gasteiger partial charge in [0.1, 0.15) is 11.3 Å². The highest BCUT2D eigenvalue weighted by atomic mass is 16.5. The number of carbonyl (C=O) groups excluding carboxylic acids is 1. The minimum atomic E-state index is -0.438. The van der Waals surface area contributed by atoms with Crippen LogP contribution < -0.4 is 9.47 Å². The first-order valence-electron chi connectivity index (χ1n) is 5.65. The number of esters is 1. The molecule has 0 aliphatic rings. The molecule has 0 atom stereocenters. The highest BCUT2D eigenvalue weighted by Crippen LogP contribution is 2.23. The van der Waals surface area contributed by atoms with Crippen molar-refractivity contribution < 1.29 is 19.0 Å². The maximum Gasteiger partial charge on any atom is 0.343 e. The Bertz CT molecular complexity index is 379. The topological polar surface area (TPSA) is 57.7 Å². The molecule has 0 N–H and O–H groups in total. The minimum absolute atomic E-state index is 0.317. The van der Waals surface area contributed by atoms with E-state index < -0.39 is 5.97 Å². The van der Waals surface area contributed by atoms with Crippen molar-refractivity contribution in [3.05, 3.63) is 17.8 Å².